The molecule has 4 N–H and O–H groups in total. The van der Waals surface area contributed by atoms with E-state index >= 15 is 0 Å². The molecule has 2 aromatic rings. The quantitative estimate of drug-likeness (QED) is 0.235. The second kappa shape index (κ2) is 11.9. The number of benzene rings is 2. The summed E-state index contributed by atoms with van der Waals surface area (Å²) in [7, 11) is 1.71. The number of primary amides is 1. The lowest BCUT2D eigenvalue weighted by Gasteiger charge is -2.14. The van der Waals surface area contributed by atoms with Gasteiger partial charge in [-0.05, 0) is 23.8 Å². The van der Waals surface area contributed by atoms with E-state index in [4.69, 9.17) is 10.5 Å². The third kappa shape index (κ3) is 7.30. The van der Waals surface area contributed by atoms with Crippen molar-refractivity contribution in [1.29, 1.82) is 0 Å². The van der Waals surface area contributed by atoms with Gasteiger partial charge in [-0.1, -0.05) is 43.0 Å². The highest BCUT2D eigenvalue weighted by atomic mass is 127. The van der Waals surface area contributed by atoms with Crippen LogP contribution in [0.4, 0.5) is 0 Å². The number of para-hydroxylation sites is 1. The van der Waals surface area contributed by atoms with Crippen LogP contribution in [0.1, 0.15) is 21.5 Å². The molecule has 0 saturated heterocycles. The van der Waals surface area contributed by atoms with Crippen LogP contribution in [-0.4, -0.2) is 25.5 Å². The molecule has 0 aromatic heterocycles. The Kier molecular flexibility index (Phi) is 9.95. The van der Waals surface area contributed by atoms with E-state index in [1.54, 1.807) is 25.3 Å². The molecule has 0 heterocycles. The number of hydrogen-bond donors (Lipinski definition) is 3. The number of rotatable bonds is 8. The van der Waals surface area contributed by atoms with Crippen LogP contribution in [0.2, 0.25) is 0 Å². The number of carbonyl (C=O) groups is 1. The smallest absolute Gasteiger partial charge is 0.248 e. The van der Waals surface area contributed by atoms with Gasteiger partial charge in [0, 0.05) is 31.3 Å². The Hall–Kier alpha value is -2.55. The fraction of sp³-hybridized carbons (Fsp3) is 0.200. The van der Waals surface area contributed by atoms with Gasteiger partial charge in [-0.2, -0.15) is 0 Å². The maximum atomic E-state index is 11.1. The van der Waals surface area contributed by atoms with Gasteiger partial charge in [0.15, 0.2) is 5.96 Å². The maximum absolute atomic E-state index is 11.1. The molecule has 0 aliphatic carbocycles. The van der Waals surface area contributed by atoms with Crippen molar-refractivity contribution >= 4 is 35.8 Å². The van der Waals surface area contributed by atoms with Crippen molar-refractivity contribution in [3.8, 4) is 5.75 Å². The molecule has 0 radical (unpaired) electrons. The lowest BCUT2D eigenvalue weighted by Crippen LogP contribution is -2.36. The first-order valence-electron chi connectivity index (χ1n) is 8.29. The Labute approximate surface area is 176 Å². The molecule has 2 rings (SSSR count). The third-order valence-corrected chi connectivity index (χ3v) is 3.70. The number of carbonyl (C=O) groups excluding carboxylic acids is 1. The molecule has 1 amide bonds. The number of nitrogens with zero attached hydrogens (tertiary/aromatic N) is 1. The second-order valence-corrected chi connectivity index (χ2v) is 5.55. The van der Waals surface area contributed by atoms with Crippen LogP contribution < -0.4 is 21.1 Å². The van der Waals surface area contributed by atoms with E-state index < -0.39 is 5.91 Å². The molecule has 0 saturated carbocycles. The SMILES string of the molecule is C=CCOc1ccccc1CNC(=NC)NCc1ccc(C(N)=O)cc1.I. The van der Waals surface area contributed by atoms with E-state index in [9.17, 15) is 4.79 Å². The minimum absolute atomic E-state index is 0. The Morgan fingerprint density at radius 3 is 2.44 bits per heavy atom. The predicted molar refractivity (Wildman–Crippen MR) is 120 cm³/mol. The normalized spacial score (nSPS) is 10.5. The summed E-state index contributed by atoms with van der Waals surface area (Å²) in [5, 5.41) is 6.49. The molecule has 6 nitrogen and oxygen atoms in total. The molecule has 144 valence electrons. The predicted octanol–water partition coefficient (Wildman–Crippen LogP) is 2.83. The van der Waals surface area contributed by atoms with Crippen LogP contribution in [0.25, 0.3) is 0 Å². The van der Waals surface area contributed by atoms with Crippen LogP contribution in [0, 0.1) is 0 Å². The molecule has 0 bridgehead atoms. The zero-order valence-electron chi connectivity index (χ0n) is 15.3. The first-order valence-corrected chi connectivity index (χ1v) is 8.29. The van der Waals surface area contributed by atoms with Crippen molar-refractivity contribution in [3.63, 3.8) is 0 Å². The highest BCUT2D eigenvalue weighted by Crippen LogP contribution is 2.17. The number of aliphatic imine (C=N–C) groups is 1. The molecule has 0 aliphatic heterocycles. The number of ether oxygens (including phenoxy) is 1. The van der Waals surface area contributed by atoms with Crippen molar-refractivity contribution in [3.05, 3.63) is 77.9 Å². The van der Waals surface area contributed by atoms with Gasteiger partial charge < -0.3 is 21.1 Å². The maximum Gasteiger partial charge on any atom is 0.248 e. The van der Waals surface area contributed by atoms with Crippen molar-refractivity contribution in [1.82, 2.24) is 10.6 Å². The molecule has 0 unspecified atom stereocenters. The number of halogens is 1. The van der Waals surface area contributed by atoms with Crippen LogP contribution in [-0.2, 0) is 13.1 Å². The van der Waals surface area contributed by atoms with Gasteiger partial charge in [0.25, 0.3) is 0 Å². The molecule has 7 heteroatoms. The summed E-state index contributed by atoms with van der Waals surface area (Å²) in [4.78, 5) is 15.3. The molecule has 2 aromatic carbocycles. The van der Waals surface area contributed by atoms with Gasteiger partial charge in [-0.15, -0.1) is 24.0 Å². The van der Waals surface area contributed by atoms with E-state index in [1.807, 2.05) is 36.4 Å². The van der Waals surface area contributed by atoms with Gasteiger partial charge in [0.1, 0.15) is 12.4 Å². The van der Waals surface area contributed by atoms with Crippen LogP contribution in [0.15, 0.2) is 66.2 Å². The Morgan fingerprint density at radius 1 is 1.15 bits per heavy atom. The monoisotopic (exact) mass is 480 g/mol. The highest BCUT2D eigenvalue weighted by Gasteiger charge is 2.05. The zero-order chi connectivity index (χ0) is 18.8. The van der Waals surface area contributed by atoms with E-state index in [-0.39, 0.29) is 24.0 Å². The van der Waals surface area contributed by atoms with Gasteiger partial charge >= 0.3 is 0 Å². The van der Waals surface area contributed by atoms with Gasteiger partial charge in [0.05, 0.1) is 0 Å². The number of guanidine groups is 1. The summed E-state index contributed by atoms with van der Waals surface area (Å²) < 4.78 is 5.66. The van der Waals surface area contributed by atoms with Crippen molar-refractivity contribution in [2.45, 2.75) is 13.1 Å². The minimum atomic E-state index is -0.431. The molecule has 0 spiro atoms. The molecular weight excluding hydrogens is 455 g/mol. The summed E-state index contributed by atoms with van der Waals surface area (Å²) in [6.07, 6.45) is 1.72. The zero-order valence-corrected chi connectivity index (χ0v) is 17.6. The fourth-order valence-corrected chi connectivity index (χ4v) is 2.31. The number of hydrogen-bond acceptors (Lipinski definition) is 3. The lowest BCUT2D eigenvalue weighted by atomic mass is 10.1. The molecule has 0 atom stereocenters. The first-order chi connectivity index (χ1) is 12.6. The average molecular weight is 480 g/mol. The van der Waals surface area contributed by atoms with E-state index in [0.29, 0.717) is 31.2 Å². The van der Waals surface area contributed by atoms with Gasteiger partial charge in [0.2, 0.25) is 5.91 Å². The molecule has 27 heavy (non-hydrogen) atoms. The standard InChI is InChI=1S/C20H24N4O2.HI/c1-3-12-26-18-7-5-4-6-17(18)14-24-20(22-2)23-13-15-8-10-16(11-9-15)19(21)25;/h3-11H,1,12-14H2,2H3,(H2,21,25)(H2,22,23,24);1H. The van der Waals surface area contributed by atoms with Crippen molar-refractivity contribution < 1.29 is 9.53 Å². The average Bonchev–Trinajstić information content (AvgIpc) is 2.67. The molecule has 0 aliphatic rings. The first kappa shape index (κ1) is 22.5. The summed E-state index contributed by atoms with van der Waals surface area (Å²) in [6.45, 7) is 5.28. The number of nitrogens with two attached hydrogens (primary N) is 1. The van der Waals surface area contributed by atoms with Crippen molar-refractivity contribution in [2.75, 3.05) is 13.7 Å². The number of amides is 1. The Morgan fingerprint density at radius 2 is 1.81 bits per heavy atom. The Balaban J connectivity index is 0.00000364. The van der Waals surface area contributed by atoms with Crippen molar-refractivity contribution in [2.24, 2.45) is 10.7 Å². The van der Waals surface area contributed by atoms with Crippen LogP contribution in [0.3, 0.4) is 0 Å². The third-order valence-electron chi connectivity index (χ3n) is 3.70. The fourth-order valence-electron chi connectivity index (χ4n) is 2.31. The van der Waals surface area contributed by atoms with Crippen LogP contribution >= 0.6 is 24.0 Å². The van der Waals surface area contributed by atoms with E-state index in [2.05, 4.69) is 22.2 Å². The van der Waals surface area contributed by atoms with Crippen LogP contribution in [0.5, 0.6) is 5.75 Å². The van der Waals surface area contributed by atoms with Gasteiger partial charge in [-0.3, -0.25) is 9.79 Å². The molecule has 0 fully saturated rings. The van der Waals surface area contributed by atoms with E-state index in [1.165, 1.54) is 0 Å². The summed E-state index contributed by atoms with van der Waals surface area (Å²) in [5.74, 6) is 1.05. The minimum Gasteiger partial charge on any atom is -0.489 e. The lowest BCUT2D eigenvalue weighted by molar-refractivity contribution is 0.100. The van der Waals surface area contributed by atoms with Gasteiger partial charge in [-0.25, -0.2) is 0 Å². The molecular formula is C20H25IN4O2. The topological polar surface area (TPSA) is 88.7 Å². The highest BCUT2D eigenvalue weighted by molar-refractivity contribution is 14.0. The second-order valence-electron chi connectivity index (χ2n) is 5.55. The summed E-state index contributed by atoms with van der Waals surface area (Å²) >= 11 is 0. The number of nitrogens with one attached hydrogen (secondary N) is 2. The summed E-state index contributed by atoms with van der Waals surface area (Å²) in [5.41, 5.74) is 7.79. The van der Waals surface area contributed by atoms with E-state index in [0.717, 1.165) is 16.9 Å². The largest absolute Gasteiger partial charge is 0.489 e. The summed E-state index contributed by atoms with van der Waals surface area (Å²) in [6, 6.07) is 15.0. The Bertz CT molecular complexity index is 776.